The highest BCUT2D eigenvalue weighted by Gasteiger charge is 2.45. The number of hydrogen-bond acceptors (Lipinski definition) is 4. The second-order valence-corrected chi connectivity index (χ2v) is 7.03. The Kier molecular flexibility index (Phi) is 5.27. The van der Waals surface area contributed by atoms with Crippen LogP contribution in [0.4, 0.5) is 0 Å². The third-order valence-electron chi connectivity index (χ3n) is 5.38. The van der Waals surface area contributed by atoms with Gasteiger partial charge in [0.15, 0.2) is 0 Å². The van der Waals surface area contributed by atoms with Gasteiger partial charge in [0.1, 0.15) is 5.75 Å². The van der Waals surface area contributed by atoms with E-state index in [0.717, 1.165) is 25.8 Å². The summed E-state index contributed by atoms with van der Waals surface area (Å²) in [5.41, 5.74) is -1.25. The molecule has 25 heavy (non-hydrogen) atoms. The molecule has 6 nitrogen and oxygen atoms in total. The summed E-state index contributed by atoms with van der Waals surface area (Å²) >= 11 is 0. The summed E-state index contributed by atoms with van der Waals surface area (Å²) in [6, 6.07) is 8.96. The quantitative estimate of drug-likeness (QED) is 0.903. The van der Waals surface area contributed by atoms with Crippen LogP contribution in [0, 0.1) is 0 Å². The van der Waals surface area contributed by atoms with Gasteiger partial charge < -0.3 is 14.7 Å². The lowest BCUT2D eigenvalue weighted by Crippen LogP contribution is -2.57. The van der Waals surface area contributed by atoms with Crippen LogP contribution in [0.25, 0.3) is 0 Å². The average Bonchev–Trinajstić information content (AvgIpc) is 2.63. The van der Waals surface area contributed by atoms with Crippen molar-refractivity contribution in [2.24, 2.45) is 0 Å². The number of likely N-dealkylation sites (tertiary alicyclic amines) is 2. The van der Waals surface area contributed by atoms with Crippen molar-refractivity contribution in [2.45, 2.75) is 43.7 Å². The fourth-order valence-electron chi connectivity index (χ4n) is 3.76. The summed E-state index contributed by atoms with van der Waals surface area (Å²) in [4.78, 5) is 28.6. The van der Waals surface area contributed by atoms with Crippen LogP contribution in [0.5, 0.6) is 5.75 Å². The van der Waals surface area contributed by atoms with Crippen molar-refractivity contribution < 1.29 is 19.4 Å². The molecule has 0 aromatic heterocycles. The number of aliphatic carboxylic acids is 1. The maximum absolute atomic E-state index is 12.8. The summed E-state index contributed by atoms with van der Waals surface area (Å²) in [6.07, 6.45) is 3.70. The summed E-state index contributed by atoms with van der Waals surface area (Å²) in [5, 5.41) is 9.73. The van der Waals surface area contributed by atoms with Gasteiger partial charge in [-0.25, -0.2) is 4.79 Å². The summed E-state index contributed by atoms with van der Waals surface area (Å²) < 4.78 is 5.85. The summed E-state index contributed by atoms with van der Waals surface area (Å²) in [5.74, 6) is -0.282. The molecule has 2 saturated heterocycles. The SMILES string of the molecule is CN1CCCC[C@H]1C(=O)N1CCC(Oc2ccccc2)(C(=O)O)CC1. The normalized spacial score (nSPS) is 23.9. The third kappa shape index (κ3) is 3.79. The van der Waals surface area contributed by atoms with Crippen molar-refractivity contribution in [1.29, 1.82) is 0 Å². The van der Waals surface area contributed by atoms with Crippen LogP contribution in [-0.2, 0) is 9.59 Å². The first kappa shape index (κ1) is 17.7. The van der Waals surface area contributed by atoms with Crippen LogP contribution < -0.4 is 4.74 Å². The number of nitrogens with zero attached hydrogens (tertiary/aromatic N) is 2. The van der Waals surface area contributed by atoms with Crippen LogP contribution in [0.15, 0.2) is 30.3 Å². The largest absolute Gasteiger partial charge is 0.478 e. The van der Waals surface area contributed by atoms with E-state index in [9.17, 15) is 14.7 Å². The van der Waals surface area contributed by atoms with Gasteiger partial charge in [0.05, 0.1) is 6.04 Å². The molecule has 1 atom stereocenters. The minimum absolute atomic E-state index is 0.0684. The first-order chi connectivity index (χ1) is 12.0. The predicted octanol–water partition coefficient (Wildman–Crippen LogP) is 2.00. The number of carboxylic acid groups (broad SMARTS) is 1. The number of piperidine rings is 2. The molecule has 136 valence electrons. The number of para-hydroxylation sites is 1. The Hall–Kier alpha value is -2.08. The van der Waals surface area contributed by atoms with Gasteiger partial charge in [0, 0.05) is 25.9 Å². The maximum Gasteiger partial charge on any atom is 0.348 e. The van der Waals surface area contributed by atoms with Crippen molar-refractivity contribution in [1.82, 2.24) is 9.80 Å². The number of carbonyl (C=O) groups excluding carboxylic acids is 1. The van der Waals surface area contributed by atoms with Crippen molar-refractivity contribution in [3.63, 3.8) is 0 Å². The Morgan fingerprint density at radius 3 is 2.40 bits per heavy atom. The van der Waals surface area contributed by atoms with Crippen LogP contribution in [0.3, 0.4) is 0 Å². The van der Waals surface area contributed by atoms with E-state index in [1.807, 2.05) is 30.1 Å². The number of benzene rings is 1. The second-order valence-electron chi connectivity index (χ2n) is 7.03. The molecular weight excluding hydrogens is 320 g/mol. The van der Waals surface area contributed by atoms with Crippen molar-refractivity contribution in [3.8, 4) is 5.75 Å². The highest BCUT2D eigenvalue weighted by atomic mass is 16.5. The Balaban J connectivity index is 1.65. The molecule has 0 radical (unpaired) electrons. The van der Waals surface area contributed by atoms with Gasteiger partial charge in [0.2, 0.25) is 11.5 Å². The van der Waals surface area contributed by atoms with Crippen LogP contribution in [-0.4, -0.2) is 65.1 Å². The number of carbonyl (C=O) groups is 2. The van der Waals surface area contributed by atoms with E-state index in [4.69, 9.17) is 4.74 Å². The van der Waals surface area contributed by atoms with Crippen LogP contribution in [0.2, 0.25) is 0 Å². The first-order valence-electron chi connectivity index (χ1n) is 8.98. The number of carboxylic acids is 1. The molecule has 3 rings (SSSR count). The molecule has 0 bridgehead atoms. The molecule has 0 aliphatic carbocycles. The molecule has 0 spiro atoms. The lowest BCUT2D eigenvalue weighted by Gasteiger charge is -2.41. The van der Waals surface area contributed by atoms with E-state index in [1.165, 1.54) is 0 Å². The van der Waals surface area contributed by atoms with Gasteiger partial charge in [0.25, 0.3) is 0 Å². The zero-order chi connectivity index (χ0) is 17.9. The van der Waals surface area contributed by atoms with E-state index < -0.39 is 11.6 Å². The average molecular weight is 346 g/mol. The highest BCUT2D eigenvalue weighted by molar-refractivity contribution is 5.83. The smallest absolute Gasteiger partial charge is 0.348 e. The third-order valence-corrected chi connectivity index (χ3v) is 5.38. The summed E-state index contributed by atoms with van der Waals surface area (Å²) in [7, 11) is 1.99. The lowest BCUT2D eigenvalue weighted by atomic mass is 9.90. The van der Waals surface area contributed by atoms with Crippen molar-refractivity contribution in [2.75, 3.05) is 26.7 Å². The molecule has 6 heteroatoms. The van der Waals surface area contributed by atoms with E-state index in [2.05, 4.69) is 4.90 Å². The van der Waals surface area contributed by atoms with Gasteiger partial charge in [-0.15, -0.1) is 0 Å². The molecule has 1 aromatic rings. The molecule has 2 aliphatic rings. The van der Waals surface area contributed by atoms with Gasteiger partial charge in [-0.05, 0) is 38.6 Å². The standard InChI is InChI=1S/C19H26N2O4/c1-20-12-6-5-9-16(20)17(22)21-13-10-19(11-14-21,18(23)24)25-15-7-3-2-4-8-15/h2-4,7-8,16H,5-6,9-14H2,1H3,(H,23,24)/t16-/m0/s1. The Morgan fingerprint density at radius 1 is 1.12 bits per heavy atom. The molecule has 2 heterocycles. The maximum atomic E-state index is 12.8. The molecule has 2 aliphatic heterocycles. The van der Waals surface area contributed by atoms with Gasteiger partial charge in [-0.2, -0.15) is 0 Å². The number of amides is 1. The van der Waals surface area contributed by atoms with E-state index in [0.29, 0.717) is 31.7 Å². The molecular formula is C19H26N2O4. The Bertz CT molecular complexity index is 611. The van der Waals surface area contributed by atoms with Gasteiger partial charge in [-0.1, -0.05) is 24.6 Å². The minimum Gasteiger partial charge on any atom is -0.478 e. The lowest BCUT2D eigenvalue weighted by molar-refractivity contribution is -0.162. The van der Waals surface area contributed by atoms with Gasteiger partial charge >= 0.3 is 5.97 Å². The van der Waals surface area contributed by atoms with Crippen molar-refractivity contribution >= 4 is 11.9 Å². The first-order valence-corrected chi connectivity index (χ1v) is 8.98. The highest BCUT2D eigenvalue weighted by Crippen LogP contribution is 2.30. The monoisotopic (exact) mass is 346 g/mol. The predicted molar refractivity (Wildman–Crippen MR) is 93.5 cm³/mol. The molecule has 0 unspecified atom stereocenters. The fourth-order valence-corrected chi connectivity index (χ4v) is 3.76. The van der Waals surface area contributed by atoms with Crippen LogP contribution in [0.1, 0.15) is 32.1 Å². The van der Waals surface area contributed by atoms with Gasteiger partial charge in [-0.3, -0.25) is 9.69 Å². The van der Waals surface area contributed by atoms with Crippen LogP contribution >= 0.6 is 0 Å². The van der Waals surface area contributed by atoms with E-state index in [-0.39, 0.29) is 11.9 Å². The fraction of sp³-hybridized carbons (Fsp3) is 0.579. The van der Waals surface area contributed by atoms with E-state index >= 15 is 0 Å². The molecule has 1 N–H and O–H groups in total. The number of rotatable bonds is 4. The number of likely N-dealkylation sites (N-methyl/N-ethyl adjacent to an activating group) is 1. The minimum atomic E-state index is -1.25. The second kappa shape index (κ2) is 7.44. The topological polar surface area (TPSA) is 70.1 Å². The Morgan fingerprint density at radius 2 is 1.80 bits per heavy atom. The molecule has 1 aromatic carbocycles. The number of hydrogen-bond donors (Lipinski definition) is 1. The Labute approximate surface area is 148 Å². The zero-order valence-electron chi connectivity index (χ0n) is 14.7. The summed E-state index contributed by atoms with van der Waals surface area (Å²) in [6.45, 7) is 1.78. The molecule has 0 saturated carbocycles. The molecule has 1 amide bonds. The van der Waals surface area contributed by atoms with E-state index in [1.54, 1.807) is 12.1 Å². The van der Waals surface area contributed by atoms with Crippen molar-refractivity contribution in [3.05, 3.63) is 30.3 Å². The number of ether oxygens (including phenoxy) is 1. The molecule has 2 fully saturated rings. The zero-order valence-corrected chi connectivity index (χ0v) is 14.7.